The van der Waals surface area contributed by atoms with Gasteiger partial charge in [0.1, 0.15) is 0 Å². The summed E-state index contributed by atoms with van der Waals surface area (Å²) in [5.41, 5.74) is 0. The Kier molecular flexibility index (Phi) is 3.86. The Balaban J connectivity index is 1.93. The van der Waals surface area contributed by atoms with Crippen LogP contribution < -0.4 is 4.72 Å². The molecule has 2 atom stereocenters. The molecule has 5 nitrogen and oxygen atoms in total. The first kappa shape index (κ1) is 12.6. The highest BCUT2D eigenvalue weighted by Crippen LogP contribution is 2.24. The van der Waals surface area contributed by atoms with Crippen molar-refractivity contribution in [3.63, 3.8) is 0 Å². The molecule has 1 aromatic rings. The van der Waals surface area contributed by atoms with Gasteiger partial charge in [-0.1, -0.05) is 12.8 Å². The van der Waals surface area contributed by atoms with Crippen LogP contribution in [0.1, 0.15) is 25.7 Å². The van der Waals surface area contributed by atoms with Crippen molar-refractivity contribution in [2.45, 2.75) is 36.7 Å². The molecule has 3 N–H and O–H groups in total. The summed E-state index contributed by atoms with van der Waals surface area (Å²) in [5, 5.41) is 9.76. The van der Waals surface area contributed by atoms with Gasteiger partial charge in [-0.3, -0.25) is 0 Å². The van der Waals surface area contributed by atoms with Gasteiger partial charge in [0.25, 0.3) is 0 Å². The number of hydrogen-bond donors (Lipinski definition) is 3. The predicted octanol–water partition coefficient (Wildman–Crippen LogP) is 0.844. The quantitative estimate of drug-likeness (QED) is 0.748. The molecule has 0 aliphatic heterocycles. The summed E-state index contributed by atoms with van der Waals surface area (Å²) in [4.78, 5) is 2.95. The fourth-order valence-electron chi connectivity index (χ4n) is 2.20. The van der Waals surface area contributed by atoms with E-state index in [0.717, 1.165) is 25.7 Å². The predicted molar refractivity (Wildman–Crippen MR) is 63.9 cm³/mol. The second kappa shape index (κ2) is 5.20. The lowest BCUT2D eigenvalue weighted by atomic mass is 9.87. The molecule has 1 aromatic heterocycles. The Labute approximate surface area is 101 Å². The summed E-state index contributed by atoms with van der Waals surface area (Å²) < 4.78 is 26.2. The largest absolute Gasteiger partial charge is 0.393 e. The van der Waals surface area contributed by atoms with E-state index in [1.165, 1.54) is 12.3 Å². The second-order valence-electron chi connectivity index (χ2n) is 4.51. The van der Waals surface area contributed by atoms with Crippen LogP contribution in [0.15, 0.2) is 23.4 Å². The maximum atomic E-state index is 11.8. The number of aliphatic hydroxyl groups excluding tert-OH is 1. The van der Waals surface area contributed by atoms with Crippen LogP contribution >= 0.6 is 0 Å². The highest BCUT2D eigenvalue weighted by atomic mass is 32.2. The number of aliphatic hydroxyl groups is 1. The van der Waals surface area contributed by atoms with Crippen LogP contribution in [0.2, 0.25) is 0 Å². The van der Waals surface area contributed by atoms with E-state index < -0.39 is 10.0 Å². The fourth-order valence-corrected chi connectivity index (χ4v) is 3.27. The lowest BCUT2D eigenvalue weighted by molar-refractivity contribution is 0.0724. The molecular formula is C11H18N2O3S. The molecule has 0 spiro atoms. The van der Waals surface area contributed by atoms with Crippen molar-refractivity contribution in [1.82, 2.24) is 9.71 Å². The van der Waals surface area contributed by atoms with E-state index in [-0.39, 0.29) is 16.9 Å². The molecule has 0 radical (unpaired) electrons. The Morgan fingerprint density at radius 2 is 2.18 bits per heavy atom. The van der Waals surface area contributed by atoms with Crippen LogP contribution in [0, 0.1) is 5.92 Å². The smallest absolute Gasteiger partial charge is 0.242 e. The van der Waals surface area contributed by atoms with Gasteiger partial charge in [0.05, 0.1) is 11.0 Å². The van der Waals surface area contributed by atoms with Gasteiger partial charge < -0.3 is 10.1 Å². The maximum Gasteiger partial charge on any atom is 0.242 e. The molecule has 2 unspecified atom stereocenters. The van der Waals surface area contributed by atoms with Crippen LogP contribution in [0.4, 0.5) is 0 Å². The van der Waals surface area contributed by atoms with E-state index in [2.05, 4.69) is 9.71 Å². The number of hydrogen-bond acceptors (Lipinski definition) is 3. The average Bonchev–Trinajstić information content (AvgIpc) is 2.82. The number of aromatic amines is 1. The van der Waals surface area contributed by atoms with Crippen LogP contribution in [-0.2, 0) is 10.0 Å². The number of aromatic nitrogens is 1. The van der Waals surface area contributed by atoms with Crippen molar-refractivity contribution in [2.75, 3.05) is 6.54 Å². The molecule has 1 aliphatic carbocycles. The van der Waals surface area contributed by atoms with E-state index in [0.29, 0.717) is 6.54 Å². The standard InChI is InChI=1S/C11H18N2O3S/c14-11-4-2-1-3-9(11)7-13-17(15,16)10-5-6-12-8-10/h5-6,8-9,11-14H,1-4,7H2. The zero-order valence-electron chi connectivity index (χ0n) is 9.59. The highest BCUT2D eigenvalue weighted by Gasteiger charge is 2.25. The monoisotopic (exact) mass is 258 g/mol. The Morgan fingerprint density at radius 1 is 1.41 bits per heavy atom. The molecule has 0 saturated heterocycles. The summed E-state index contributed by atoms with van der Waals surface area (Å²) in [5.74, 6) is 0.0393. The molecule has 2 rings (SSSR count). The number of rotatable bonds is 4. The summed E-state index contributed by atoms with van der Waals surface area (Å²) in [7, 11) is -3.43. The minimum absolute atomic E-state index is 0.0393. The van der Waals surface area contributed by atoms with E-state index >= 15 is 0 Å². The van der Waals surface area contributed by atoms with Crippen molar-refractivity contribution in [3.8, 4) is 0 Å². The van der Waals surface area contributed by atoms with Gasteiger partial charge in [-0.2, -0.15) is 0 Å². The topological polar surface area (TPSA) is 82.2 Å². The molecule has 0 amide bonds. The molecule has 96 valence electrons. The summed E-state index contributed by atoms with van der Waals surface area (Å²) >= 11 is 0. The lowest BCUT2D eigenvalue weighted by Crippen LogP contribution is -2.36. The number of H-pyrrole nitrogens is 1. The molecule has 1 fully saturated rings. The van der Waals surface area contributed by atoms with Gasteiger partial charge >= 0.3 is 0 Å². The van der Waals surface area contributed by atoms with Crippen molar-refractivity contribution in [1.29, 1.82) is 0 Å². The first-order chi connectivity index (χ1) is 8.09. The van der Waals surface area contributed by atoms with E-state index in [1.807, 2.05) is 0 Å². The van der Waals surface area contributed by atoms with Gasteiger partial charge in [0, 0.05) is 18.9 Å². The Hall–Kier alpha value is -0.850. The Bertz CT molecular complexity index is 441. The zero-order valence-corrected chi connectivity index (χ0v) is 10.4. The van der Waals surface area contributed by atoms with Gasteiger partial charge in [-0.15, -0.1) is 0 Å². The summed E-state index contributed by atoms with van der Waals surface area (Å²) in [6.07, 6.45) is 6.39. The molecule has 1 aliphatic rings. The van der Waals surface area contributed by atoms with Crippen molar-refractivity contribution in [3.05, 3.63) is 18.5 Å². The third-order valence-corrected chi connectivity index (χ3v) is 4.71. The first-order valence-corrected chi connectivity index (χ1v) is 7.38. The Morgan fingerprint density at radius 3 is 2.82 bits per heavy atom. The minimum Gasteiger partial charge on any atom is -0.393 e. The SMILES string of the molecule is O=S(=O)(NCC1CCCCC1O)c1cc[nH]c1. The molecule has 17 heavy (non-hydrogen) atoms. The van der Waals surface area contributed by atoms with Crippen LogP contribution in [-0.4, -0.2) is 31.2 Å². The normalized spacial score (nSPS) is 25.9. The van der Waals surface area contributed by atoms with Crippen LogP contribution in [0.25, 0.3) is 0 Å². The van der Waals surface area contributed by atoms with Gasteiger partial charge in [0.2, 0.25) is 10.0 Å². The summed E-state index contributed by atoms with van der Waals surface area (Å²) in [6.45, 7) is 0.314. The van der Waals surface area contributed by atoms with E-state index in [1.54, 1.807) is 6.20 Å². The third-order valence-electron chi connectivity index (χ3n) is 3.28. The molecule has 0 aromatic carbocycles. The molecule has 0 bridgehead atoms. The molecular weight excluding hydrogens is 240 g/mol. The number of sulfonamides is 1. The highest BCUT2D eigenvalue weighted by molar-refractivity contribution is 7.89. The first-order valence-electron chi connectivity index (χ1n) is 5.90. The fraction of sp³-hybridized carbons (Fsp3) is 0.636. The van der Waals surface area contributed by atoms with Crippen molar-refractivity contribution >= 4 is 10.0 Å². The van der Waals surface area contributed by atoms with Crippen LogP contribution in [0.5, 0.6) is 0 Å². The van der Waals surface area contributed by atoms with Gasteiger partial charge in [-0.05, 0) is 24.8 Å². The van der Waals surface area contributed by atoms with E-state index in [9.17, 15) is 13.5 Å². The zero-order chi connectivity index (χ0) is 12.3. The molecule has 6 heteroatoms. The molecule has 1 heterocycles. The lowest BCUT2D eigenvalue weighted by Gasteiger charge is -2.27. The number of nitrogens with one attached hydrogen (secondary N) is 2. The summed E-state index contributed by atoms with van der Waals surface area (Å²) in [6, 6.07) is 1.51. The second-order valence-corrected chi connectivity index (χ2v) is 6.28. The average molecular weight is 258 g/mol. The van der Waals surface area contributed by atoms with Crippen molar-refractivity contribution in [2.24, 2.45) is 5.92 Å². The minimum atomic E-state index is -3.43. The van der Waals surface area contributed by atoms with Gasteiger partial charge in [-0.25, -0.2) is 13.1 Å². The maximum absolute atomic E-state index is 11.8. The van der Waals surface area contributed by atoms with Gasteiger partial charge in [0.15, 0.2) is 0 Å². The molecule has 1 saturated carbocycles. The third kappa shape index (κ3) is 3.08. The van der Waals surface area contributed by atoms with E-state index in [4.69, 9.17) is 0 Å². The van der Waals surface area contributed by atoms with Crippen LogP contribution in [0.3, 0.4) is 0 Å². The van der Waals surface area contributed by atoms with Crippen molar-refractivity contribution < 1.29 is 13.5 Å².